The quantitative estimate of drug-likeness (QED) is 0.864. The summed E-state index contributed by atoms with van der Waals surface area (Å²) in [7, 11) is 0. The van der Waals surface area contributed by atoms with Gasteiger partial charge in [-0.15, -0.1) is 0 Å². The predicted octanol–water partition coefficient (Wildman–Crippen LogP) is 2.74. The van der Waals surface area contributed by atoms with E-state index in [1.54, 1.807) is 18.3 Å². The van der Waals surface area contributed by atoms with Crippen molar-refractivity contribution < 1.29 is 9.53 Å². The van der Waals surface area contributed by atoms with Crippen LogP contribution in [-0.4, -0.2) is 40.0 Å². The van der Waals surface area contributed by atoms with Gasteiger partial charge in [0.05, 0.1) is 13.0 Å². The minimum Gasteiger partial charge on any atom is -0.472 e. The molecular weight excluding hydrogens is 314 g/mol. The van der Waals surface area contributed by atoms with Crippen molar-refractivity contribution in [2.75, 3.05) is 13.1 Å². The van der Waals surface area contributed by atoms with Crippen molar-refractivity contribution in [1.29, 1.82) is 0 Å². The van der Waals surface area contributed by atoms with Gasteiger partial charge in [0.2, 0.25) is 11.8 Å². The molecule has 0 bridgehead atoms. The summed E-state index contributed by atoms with van der Waals surface area (Å²) >= 11 is 6.13. The molecule has 0 unspecified atom stereocenters. The lowest BCUT2D eigenvalue weighted by molar-refractivity contribution is -0.133. The number of hydrogen-bond donors (Lipinski definition) is 0. The van der Waals surface area contributed by atoms with E-state index >= 15 is 0 Å². The molecule has 0 N–H and O–H groups in total. The molecular formula is C17H18ClN3O2. The van der Waals surface area contributed by atoms with Gasteiger partial charge in [0, 0.05) is 23.8 Å². The molecule has 1 amide bonds. The Balaban J connectivity index is 1.59. The van der Waals surface area contributed by atoms with Crippen molar-refractivity contribution in [3.63, 3.8) is 0 Å². The van der Waals surface area contributed by atoms with Crippen molar-refractivity contribution in [1.82, 2.24) is 14.9 Å². The summed E-state index contributed by atoms with van der Waals surface area (Å²) < 4.78 is 5.84. The van der Waals surface area contributed by atoms with Crippen LogP contribution in [-0.2, 0) is 11.2 Å². The molecule has 0 aliphatic carbocycles. The molecule has 0 radical (unpaired) electrons. The topological polar surface area (TPSA) is 55.3 Å². The zero-order valence-corrected chi connectivity index (χ0v) is 13.4. The number of likely N-dealkylation sites (tertiary alicyclic amines) is 1. The van der Waals surface area contributed by atoms with Crippen molar-refractivity contribution >= 4 is 17.5 Å². The van der Waals surface area contributed by atoms with E-state index in [2.05, 4.69) is 9.97 Å². The summed E-state index contributed by atoms with van der Waals surface area (Å²) in [4.78, 5) is 22.3. The van der Waals surface area contributed by atoms with Crippen LogP contribution in [0.2, 0.25) is 5.02 Å². The summed E-state index contributed by atoms with van der Waals surface area (Å²) in [5.74, 6) is 0.625. The van der Waals surface area contributed by atoms with Gasteiger partial charge in [-0.1, -0.05) is 29.8 Å². The average molecular weight is 332 g/mol. The largest absolute Gasteiger partial charge is 0.472 e. The number of benzene rings is 1. The number of carbonyl (C=O) groups excluding carboxylic acids is 1. The van der Waals surface area contributed by atoms with Gasteiger partial charge >= 0.3 is 0 Å². The zero-order valence-electron chi connectivity index (χ0n) is 12.7. The maximum atomic E-state index is 12.5. The molecule has 2 heterocycles. The average Bonchev–Trinajstić information content (AvgIpc) is 2.58. The number of halogens is 1. The van der Waals surface area contributed by atoms with E-state index in [9.17, 15) is 4.79 Å². The van der Waals surface area contributed by atoms with E-state index < -0.39 is 0 Å². The standard InChI is InChI=1S/C17H18ClN3O2/c18-15-6-2-1-4-13(15)10-17(22)21-9-3-5-14(11-21)23-16-7-8-19-12-20-16/h1-2,4,6-8,12,14H,3,5,9-11H2/t14-/m0/s1. The van der Waals surface area contributed by atoms with Gasteiger partial charge < -0.3 is 9.64 Å². The molecule has 0 spiro atoms. The molecule has 3 rings (SSSR count). The van der Waals surface area contributed by atoms with Crippen LogP contribution in [0.5, 0.6) is 5.88 Å². The minimum atomic E-state index is -0.0335. The molecule has 1 aromatic carbocycles. The maximum Gasteiger partial charge on any atom is 0.227 e. The first-order valence-corrected chi connectivity index (χ1v) is 8.04. The Labute approximate surface area is 140 Å². The molecule has 5 nitrogen and oxygen atoms in total. The molecule has 1 atom stereocenters. The molecule has 6 heteroatoms. The van der Waals surface area contributed by atoms with Crippen LogP contribution in [0.3, 0.4) is 0 Å². The van der Waals surface area contributed by atoms with Gasteiger partial charge in [0.15, 0.2) is 0 Å². The number of nitrogens with zero attached hydrogens (tertiary/aromatic N) is 3. The number of rotatable bonds is 4. The van der Waals surface area contributed by atoms with Gasteiger partial charge in [-0.25, -0.2) is 9.97 Å². The van der Waals surface area contributed by atoms with Gasteiger partial charge in [-0.05, 0) is 24.5 Å². The fourth-order valence-corrected chi connectivity index (χ4v) is 2.90. The number of amides is 1. The highest BCUT2D eigenvalue weighted by Gasteiger charge is 2.25. The fourth-order valence-electron chi connectivity index (χ4n) is 2.70. The Hall–Kier alpha value is -2.14. The highest BCUT2D eigenvalue weighted by molar-refractivity contribution is 6.31. The second-order valence-electron chi connectivity index (χ2n) is 5.54. The summed E-state index contributed by atoms with van der Waals surface area (Å²) in [5.41, 5.74) is 0.859. The third-order valence-corrected chi connectivity index (χ3v) is 4.24. The van der Waals surface area contributed by atoms with Crippen molar-refractivity contribution in [3.8, 4) is 5.88 Å². The van der Waals surface area contributed by atoms with E-state index in [1.165, 1.54) is 6.33 Å². The van der Waals surface area contributed by atoms with Crippen LogP contribution in [0.1, 0.15) is 18.4 Å². The molecule has 1 aromatic heterocycles. The van der Waals surface area contributed by atoms with Crippen LogP contribution >= 0.6 is 11.6 Å². The first-order valence-electron chi connectivity index (χ1n) is 7.66. The summed E-state index contributed by atoms with van der Waals surface area (Å²) in [6.45, 7) is 1.33. The number of piperidine rings is 1. The molecule has 120 valence electrons. The van der Waals surface area contributed by atoms with Gasteiger partial charge in [-0.3, -0.25) is 4.79 Å². The highest BCUT2D eigenvalue weighted by Crippen LogP contribution is 2.19. The Kier molecular flexibility index (Phi) is 5.08. The number of ether oxygens (including phenoxy) is 1. The smallest absolute Gasteiger partial charge is 0.227 e. The van der Waals surface area contributed by atoms with Crippen LogP contribution < -0.4 is 4.74 Å². The van der Waals surface area contributed by atoms with Crippen molar-refractivity contribution in [2.24, 2.45) is 0 Å². The van der Waals surface area contributed by atoms with Gasteiger partial charge in [0.25, 0.3) is 0 Å². The third kappa shape index (κ3) is 4.20. The number of hydrogen-bond acceptors (Lipinski definition) is 4. The molecule has 1 aliphatic rings. The minimum absolute atomic E-state index is 0.0335. The first-order chi connectivity index (χ1) is 11.2. The molecule has 1 fully saturated rings. The predicted molar refractivity (Wildman–Crippen MR) is 87.4 cm³/mol. The van der Waals surface area contributed by atoms with Crippen LogP contribution in [0.4, 0.5) is 0 Å². The van der Waals surface area contributed by atoms with Crippen molar-refractivity contribution in [2.45, 2.75) is 25.4 Å². The van der Waals surface area contributed by atoms with E-state index in [-0.39, 0.29) is 12.0 Å². The second kappa shape index (κ2) is 7.42. The monoisotopic (exact) mass is 331 g/mol. The fraction of sp³-hybridized carbons (Fsp3) is 0.353. The maximum absolute atomic E-state index is 12.5. The Morgan fingerprint density at radius 1 is 1.35 bits per heavy atom. The van der Waals surface area contributed by atoms with Crippen LogP contribution in [0.15, 0.2) is 42.9 Å². The Bertz CT molecular complexity index is 666. The lowest BCUT2D eigenvalue weighted by Gasteiger charge is -2.32. The van der Waals surface area contributed by atoms with Gasteiger partial charge in [-0.2, -0.15) is 0 Å². The van der Waals surface area contributed by atoms with E-state index in [0.29, 0.717) is 23.9 Å². The third-order valence-electron chi connectivity index (χ3n) is 3.87. The first kappa shape index (κ1) is 15.7. The van der Waals surface area contributed by atoms with Crippen molar-refractivity contribution in [3.05, 3.63) is 53.4 Å². The normalized spacial score (nSPS) is 17.8. The SMILES string of the molecule is O=C(Cc1ccccc1Cl)N1CCC[C@H](Oc2ccncn2)C1. The Morgan fingerprint density at radius 2 is 2.22 bits per heavy atom. The molecule has 1 saturated heterocycles. The zero-order chi connectivity index (χ0) is 16.1. The Morgan fingerprint density at radius 3 is 3.00 bits per heavy atom. The highest BCUT2D eigenvalue weighted by atomic mass is 35.5. The van der Waals surface area contributed by atoms with E-state index in [0.717, 1.165) is 24.9 Å². The molecule has 1 aliphatic heterocycles. The summed E-state index contributed by atoms with van der Waals surface area (Å²) in [6, 6.07) is 9.18. The molecule has 2 aromatic rings. The van der Waals surface area contributed by atoms with E-state index in [4.69, 9.17) is 16.3 Å². The van der Waals surface area contributed by atoms with Gasteiger partial charge in [0.1, 0.15) is 12.4 Å². The molecule has 0 saturated carbocycles. The number of aromatic nitrogens is 2. The lowest BCUT2D eigenvalue weighted by Crippen LogP contribution is -2.45. The van der Waals surface area contributed by atoms with Crippen LogP contribution in [0, 0.1) is 0 Å². The second-order valence-corrected chi connectivity index (χ2v) is 5.94. The van der Waals surface area contributed by atoms with E-state index in [1.807, 2.05) is 23.1 Å². The van der Waals surface area contributed by atoms with Crippen LogP contribution in [0.25, 0.3) is 0 Å². The lowest BCUT2D eigenvalue weighted by atomic mass is 10.1. The molecule has 23 heavy (non-hydrogen) atoms. The summed E-state index contributed by atoms with van der Waals surface area (Å²) in [6.07, 6.45) is 5.22. The number of carbonyl (C=O) groups is 1. The summed E-state index contributed by atoms with van der Waals surface area (Å²) in [5, 5.41) is 0.631.